The average Bonchev–Trinajstić information content (AvgIpc) is 2.39. The first-order valence-electron chi connectivity index (χ1n) is 6.38. The molecular formula is C18H19N. The molecule has 96 valence electrons. The summed E-state index contributed by atoms with van der Waals surface area (Å²) in [4.78, 5) is 0. The van der Waals surface area contributed by atoms with Gasteiger partial charge in [0, 0.05) is 16.5 Å². The summed E-state index contributed by atoms with van der Waals surface area (Å²) in [7, 11) is 0. The number of hydrogen-bond donors (Lipinski definition) is 1. The summed E-state index contributed by atoms with van der Waals surface area (Å²) in [6.07, 6.45) is 3.76. The Morgan fingerprint density at radius 1 is 1.11 bits per heavy atom. The molecule has 0 aromatic heterocycles. The van der Waals surface area contributed by atoms with E-state index < -0.39 is 0 Å². The van der Waals surface area contributed by atoms with Crippen molar-refractivity contribution in [2.24, 2.45) is 5.73 Å². The second-order valence-electron chi connectivity index (χ2n) is 4.72. The summed E-state index contributed by atoms with van der Waals surface area (Å²) in [6, 6.07) is 14.4. The normalized spacial score (nSPS) is 13.3. The summed E-state index contributed by atoms with van der Waals surface area (Å²) in [5, 5.41) is 2.14. The van der Waals surface area contributed by atoms with Crippen molar-refractivity contribution < 1.29 is 0 Å². The van der Waals surface area contributed by atoms with Crippen LogP contribution in [0.5, 0.6) is 0 Å². The third-order valence-electron chi connectivity index (χ3n) is 3.22. The van der Waals surface area contributed by atoms with Gasteiger partial charge in [-0.25, -0.2) is 0 Å². The Bertz CT molecular complexity index is 724. The highest BCUT2D eigenvalue weighted by atomic mass is 14.6. The molecule has 19 heavy (non-hydrogen) atoms. The molecule has 0 aliphatic heterocycles. The van der Waals surface area contributed by atoms with E-state index in [1.807, 2.05) is 30.3 Å². The Labute approximate surface area is 114 Å². The van der Waals surface area contributed by atoms with Crippen LogP contribution in [0.15, 0.2) is 55.1 Å². The summed E-state index contributed by atoms with van der Waals surface area (Å²) < 4.78 is 0. The van der Waals surface area contributed by atoms with E-state index in [0.717, 1.165) is 21.7 Å². The van der Waals surface area contributed by atoms with Crippen LogP contribution in [0, 0.1) is 13.8 Å². The molecule has 0 heterocycles. The van der Waals surface area contributed by atoms with Crippen LogP contribution in [0.25, 0.3) is 11.8 Å². The van der Waals surface area contributed by atoms with Crippen molar-refractivity contribution in [3.63, 3.8) is 0 Å². The van der Waals surface area contributed by atoms with E-state index in [9.17, 15) is 0 Å². The van der Waals surface area contributed by atoms with Crippen LogP contribution < -0.4 is 16.2 Å². The van der Waals surface area contributed by atoms with Crippen molar-refractivity contribution in [3.8, 4) is 0 Å². The Kier molecular flexibility index (Phi) is 3.86. The SMILES string of the molecule is C=C/C=c1/cccc/c1=C(/N)c1ccc(C)cc1C. The third kappa shape index (κ3) is 2.76. The zero-order chi connectivity index (χ0) is 13.8. The molecular weight excluding hydrogens is 230 g/mol. The predicted octanol–water partition coefficient (Wildman–Crippen LogP) is 2.39. The lowest BCUT2D eigenvalue weighted by Crippen LogP contribution is -2.29. The molecule has 2 rings (SSSR count). The fourth-order valence-electron chi connectivity index (χ4n) is 2.28. The monoisotopic (exact) mass is 249 g/mol. The molecule has 0 radical (unpaired) electrons. The van der Waals surface area contributed by atoms with Gasteiger partial charge in [-0.05, 0) is 24.6 Å². The maximum absolute atomic E-state index is 6.36. The van der Waals surface area contributed by atoms with Crippen LogP contribution in [0.3, 0.4) is 0 Å². The minimum absolute atomic E-state index is 0.811. The van der Waals surface area contributed by atoms with Crippen LogP contribution >= 0.6 is 0 Å². The Morgan fingerprint density at radius 3 is 2.53 bits per heavy atom. The first kappa shape index (κ1) is 13.2. The van der Waals surface area contributed by atoms with Crippen molar-refractivity contribution in [3.05, 3.63) is 82.2 Å². The first-order valence-corrected chi connectivity index (χ1v) is 6.38. The number of rotatable bonds is 2. The molecule has 0 amide bonds. The van der Waals surface area contributed by atoms with E-state index >= 15 is 0 Å². The fourth-order valence-corrected chi connectivity index (χ4v) is 2.28. The molecule has 2 aromatic rings. The molecule has 0 aliphatic carbocycles. The summed E-state index contributed by atoms with van der Waals surface area (Å²) in [6.45, 7) is 7.93. The molecule has 0 saturated heterocycles. The van der Waals surface area contributed by atoms with Gasteiger partial charge in [-0.1, -0.05) is 66.8 Å². The zero-order valence-electron chi connectivity index (χ0n) is 11.5. The smallest absolute Gasteiger partial charge is 0.0470 e. The van der Waals surface area contributed by atoms with Crippen molar-refractivity contribution in [1.29, 1.82) is 0 Å². The van der Waals surface area contributed by atoms with E-state index in [4.69, 9.17) is 5.73 Å². The molecule has 0 fully saturated rings. The molecule has 0 aliphatic rings. The van der Waals surface area contributed by atoms with Crippen LogP contribution in [0.1, 0.15) is 16.7 Å². The van der Waals surface area contributed by atoms with Gasteiger partial charge in [-0.15, -0.1) is 0 Å². The number of benzene rings is 2. The maximum Gasteiger partial charge on any atom is 0.0470 e. The van der Waals surface area contributed by atoms with Gasteiger partial charge in [-0.3, -0.25) is 0 Å². The molecule has 0 unspecified atom stereocenters. The van der Waals surface area contributed by atoms with Gasteiger partial charge < -0.3 is 5.73 Å². The van der Waals surface area contributed by atoms with Gasteiger partial charge in [0.15, 0.2) is 0 Å². The zero-order valence-corrected chi connectivity index (χ0v) is 11.5. The fraction of sp³-hybridized carbons (Fsp3) is 0.111. The third-order valence-corrected chi connectivity index (χ3v) is 3.22. The quantitative estimate of drug-likeness (QED) is 0.869. The topological polar surface area (TPSA) is 26.0 Å². The van der Waals surface area contributed by atoms with E-state index in [2.05, 4.69) is 38.6 Å². The molecule has 0 spiro atoms. The van der Waals surface area contributed by atoms with Crippen molar-refractivity contribution in [2.75, 3.05) is 0 Å². The van der Waals surface area contributed by atoms with Gasteiger partial charge in [0.1, 0.15) is 0 Å². The highest BCUT2D eigenvalue weighted by molar-refractivity contribution is 5.66. The van der Waals surface area contributed by atoms with Crippen molar-refractivity contribution in [1.82, 2.24) is 0 Å². The molecule has 2 aromatic carbocycles. The number of hydrogen-bond acceptors (Lipinski definition) is 1. The number of allylic oxidation sites excluding steroid dienone is 1. The predicted molar refractivity (Wildman–Crippen MR) is 83.0 cm³/mol. The van der Waals surface area contributed by atoms with Crippen molar-refractivity contribution in [2.45, 2.75) is 13.8 Å². The van der Waals surface area contributed by atoms with E-state index in [-0.39, 0.29) is 0 Å². The number of nitrogens with two attached hydrogens (primary N) is 1. The van der Waals surface area contributed by atoms with Crippen LogP contribution in [-0.2, 0) is 0 Å². The molecule has 1 nitrogen and oxygen atoms in total. The van der Waals surface area contributed by atoms with Gasteiger partial charge >= 0.3 is 0 Å². The van der Waals surface area contributed by atoms with Gasteiger partial charge in [0.25, 0.3) is 0 Å². The minimum Gasteiger partial charge on any atom is -0.398 e. The molecule has 1 heteroatoms. The number of aryl methyl sites for hydroxylation is 2. The molecule has 0 atom stereocenters. The Balaban J connectivity index is 2.79. The molecule has 0 bridgehead atoms. The largest absolute Gasteiger partial charge is 0.398 e. The molecule has 0 saturated carbocycles. The lowest BCUT2D eigenvalue weighted by molar-refractivity contribution is 1.32. The highest BCUT2D eigenvalue weighted by Crippen LogP contribution is 2.14. The maximum atomic E-state index is 6.36. The van der Waals surface area contributed by atoms with E-state index in [1.54, 1.807) is 6.08 Å². The van der Waals surface area contributed by atoms with Crippen LogP contribution in [0.2, 0.25) is 0 Å². The summed E-state index contributed by atoms with van der Waals surface area (Å²) >= 11 is 0. The average molecular weight is 249 g/mol. The van der Waals surface area contributed by atoms with Gasteiger partial charge in [0.2, 0.25) is 0 Å². The van der Waals surface area contributed by atoms with Crippen LogP contribution in [-0.4, -0.2) is 0 Å². The Morgan fingerprint density at radius 2 is 1.84 bits per heavy atom. The second-order valence-corrected chi connectivity index (χ2v) is 4.72. The van der Waals surface area contributed by atoms with Crippen LogP contribution in [0.4, 0.5) is 0 Å². The Hall–Kier alpha value is -2.28. The standard InChI is InChI=1S/C18H19N/c1-4-7-15-8-5-6-9-17(15)18(19)16-11-10-13(2)12-14(16)3/h4-12H,1,19H2,2-3H3/b15-7-,18-17-. The first-order chi connectivity index (χ1) is 9.13. The minimum atomic E-state index is 0.811. The second kappa shape index (κ2) is 5.57. The van der Waals surface area contributed by atoms with Gasteiger partial charge in [-0.2, -0.15) is 0 Å². The van der Waals surface area contributed by atoms with Crippen molar-refractivity contribution >= 4 is 11.8 Å². The van der Waals surface area contributed by atoms with Gasteiger partial charge in [0.05, 0.1) is 0 Å². The summed E-state index contributed by atoms with van der Waals surface area (Å²) in [5.41, 5.74) is 10.7. The van der Waals surface area contributed by atoms with E-state index in [0.29, 0.717) is 0 Å². The summed E-state index contributed by atoms with van der Waals surface area (Å²) in [5.74, 6) is 0. The highest BCUT2D eigenvalue weighted by Gasteiger charge is 2.02. The van der Waals surface area contributed by atoms with E-state index in [1.165, 1.54) is 11.1 Å². The lowest BCUT2D eigenvalue weighted by atomic mass is 10.0. The molecule has 2 N–H and O–H groups in total. The lowest BCUT2D eigenvalue weighted by Gasteiger charge is -2.07.